The van der Waals surface area contributed by atoms with E-state index in [9.17, 15) is 8.42 Å². The zero-order valence-corrected chi connectivity index (χ0v) is 13.5. The highest BCUT2D eigenvalue weighted by Crippen LogP contribution is 2.22. The van der Waals surface area contributed by atoms with Crippen molar-refractivity contribution in [2.24, 2.45) is 0 Å². The Morgan fingerprint density at radius 3 is 2.43 bits per heavy atom. The van der Waals surface area contributed by atoms with Gasteiger partial charge in [-0.1, -0.05) is 17.7 Å². The second-order valence-corrected chi connectivity index (χ2v) is 7.29. The van der Waals surface area contributed by atoms with Gasteiger partial charge in [-0.05, 0) is 45.0 Å². The zero-order valence-electron chi connectivity index (χ0n) is 12.7. The second kappa shape index (κ2) is 7.35. The van der Waals surface area contributed by atoms with Crippen LogP contribution < -0.4 is 5.32 Å². The molecule has 0 atom stereocenters. The first kappa shape index (κ1) is 16.4. The summed E-state index contributed by atoms with van der Waals surface area (Å²) in [5, 5.41) is 3.27. The summed E-state index contributed by atoms with van der Waals surface area (Å²) >= 11 is 0. The average Bonchev–Trinajstić information content (AvgIpc) is 2.49. The van der Waals surface area contributed by atoms with Gasteiger partial charge in [0.2, 0.25) is 10.0 Å². The van der Waals surface area contributed by atoms with E-state index >= 15 is 0 Å². The number of piperidine rings is 1. The third-order valence-electron chi connectivity index (χ3n) is 3.86. The molecule has 5 nitrogen and oxygen atoms in total. The average molecular weight is 312 g/mol. The molecule has 0 spiro atoms. The zero-order chi connectivity index (χ0) is 15.3. The van der Waals surface area contributed by atoms with Crippen LogP contribution in [0.25, 0.3) is 0 Å². The molecule has 0 aliphatic carbocycles. The minimum atomic E-state index is -3.46. The van der Waals surface area contributed by atoms with Crippen LogP contribution in [0.15, 0.2) is 29.2 Å². The lowest BCUT2D eigenvalue weighted by Crippen LogP contribution is -2.47. The number of nitrogens with zero attached hydrogens (tertiary/aromatic N) is 1. The molecule has 1 N–H and O–H groups in total. The Balaban J connectivity index is 2.26. The third kappa shape index (κ3) is 4.03. The van der Waals surface area contributed by atoms with E-state index in [-0.39, 0.29) is 6.04 Å². The number of ether oxygens (including phenoxy) is 1. The molecule has 1 aromatic carbocycles. The SMILES string of the molecule is COCCN(C1CCNCC1)S(=O)(=O)c1ccc(C)cc1. The van der Waals surface area contributed by atoms with Crippen molar-refractivity contribution in [2.45, 2.75) is 30.7 Å². The van der Waals surface area contributed by atoms with Gasteiger partial charge >= 0.3 is 0 Å². The van der Waals surface area contributed by atoms with Gasteiger partial charge in [-0.15, -0.1) is 0 Å². The molecule has 1 heterocycles. The maximum absolute atomic E-state index is 12.9. The lowest BCUT2D eigenvalue weighted by molar-refractivity contribution is 0.157. The summed E-state index contributed by atoms with van der Waals surface area (Å²) in [4.78, 5) is 0.364. The van der Waals surface area contributed by atoms with Crippen LogP contribution in [0.4, 0.5) is 0 Å². The van der Waals surface area contributed by atoms with Crippen molar-refractivity contribution in [2.75, 3.05) is 33.4 Å². The summed E-state index contributed by atoms with van der Waals surface area (Å²) in [5.74, 6) is 0. The van der Waals surface area contributed by atoms with Gasteiger partial charge in [-0.3, -0.25) is 0 Å². The van der Waals surface area contributed by atoms with E-state index in [1.807, 2.05) is 19.1 Å². The fourth-order valence-electron chi connectivity index (χ4n) is 2.62. The maximum Gasteiger partial charge on any atom is 0.243 e. The molecule has 1 fully saturated rings. The highest BCUT2D eigenvalue weighted by Gasteiger charge is 2.31. The fraction of sp³-hybridized carbons (Fsp3) is 0.600. The van der Waals surface area contributed by atoms with Gasteiger partial charge in [0.05, 0.1) is 11.5 Å². The Bertz CT molecular complexity index is 537. The number of benzene rings is 1. The predicted octanol–water partition coefficient (Wildman–Crippen LogP) is 1.38. The van der Waals surface area contributed by atoms with E-state index in [0.29, 0.717) is 18.0 Å². The van der Waals surface area contributed by atoms with Crippen LogP contribution in [0.1, 0.15) is 18.4 Å². The molecule has 0 bridgehead atoms. The van der Waals surface area contributed by atoms with Gasteiger partial charge in [-0.25, -0.2) is 8.42 Å². The third-order valence-corrected chi connectivity index (χ3v) is 5.83. The number of hydrogen-bond acceptors (Lipinski definition) is 4. The van der Waals surface area contributed by atoms with Crippen molar-refractivity contribution in [1.29, 1.82) is 0 Å². The molecule has 1 saturated heterocycles. The number of sulfonamides is 1. The van der Waals surface area contributed by atoms with Crippen LogP contribution in [0.5, 0.6) is 0 Å². The van der Waals surface area contributed by atoms with Crippen molar-refractivity contribution in [3.63, 3.8) is 0 Å². The lowest BCUT2D eigenvalue weighted by atomic mass is 10.1. The van der Waals surface area contributed by atoms with E-state index in [1.165, 1.54) is 0 Å². The van der Waals surface area contributed by atoms with E-state index in [4.69, 9.17) is 4.74 Å². The molecule has 21 heavy (non-hydrogen) atoms. The van der Waals surface area contributed by atoms with E-state index in [0.717, 1.165) is 31.5 Å². The summed E-state index contributed by atoms with van der Waals surface area (Å²) in [6, 6.07) is 7.10. The first-order chi connectivity index (χ1) is 10.1. The quantitative estimate of drug-likeness (QED) is 0.862. The first-order valence-electron chi connectivity index (χ1n) is 7.34. The molecule has 118 valence electrons. The van der Waals surface area contributed by atoms with Crippen LogP contribution >= 0.6 is 0 Å². The fourth-order valence-corrected chi connectivity index (χ4v) is 4.29. The summed E-state index contributed by atoms with van der Waals surface area (Å²) in [6.07, 6.45) is 1.68. The van der Waals surface area contributed by atoms with Gasteiger partial charge in [0.15, 0.2) is 0 Å². The number of nitrogens with one attached hydrogen (secondary N) is 1. The van der Waals surface area contributed by atoms with Crippen LogP contribution in [-0.2, 0) is 14.8 Å². The summed E-state index contributed by atoms with van der Waals surface area (Å²) in [7, 11) is -1.87. The van der Waals surface area contributed by atoms with Gasteiger partial charge < -0.3 is 10.1 Å². The lowest BCUT2D eigenvalue weighted by Gasteiger charge is -2.33. The molecule has 2 rings (SSSR count). The molecule has 0 unspecified atom stereocenters. The molecule has 6 heteroatoms. The molecule has 1 aliphatic heterocycles. The normalized spacial score (nSPS) is 17.3. The first-order valence-corrected chi connectivity index (χ1v) is 8.78. The maximum atomic E-state index is 12.9. The Morgan fingerprint density at radius 2 is 1.86 bits per heavy atom. The summed E-state index contributed by atoms with van der Waals surface area (Å²) in [5.41, 5.74) is 1.05. The Kier molecular flexibility index (Phi) is 5.75. The Labute approximate surface area is 127 Å². The van der Waals surface area contributed by atoms with Gasteiger partial charge in [0.25, 0.3) is 0 Å². The van der Waals surface area contributed by atoms with Crippen LogP contribution in [0.2, 0.25) is 0 Å². The number of hydrogen-bond donors (Lipinski definition) is 1. The molecule has 0 saturated carbocycles. The van der Waals surface area contributed by atoms with Crippen LogP contribution in [0.3, 0.4) is 0 Å². The van der Waals surface area contributed by atoms with E-state index in [2.05, 4.69) is 5.32 Å². The van der Waals surface area contributed by atoms with Crippen molar-refractivity contribution in [3.8, 4) is 0 Å². The summed E-state index contributed by atoms with van der Waals surface area (Å²) < 4.78 is 32.5. The largest absolute Gasteiger partial charge is 0.383 e. The Hall–Kier alpha value is -0.950. The molecule has 0 amide bonds. The van der Waals surface area contributed by atoms with E-state index in [1.54, 1.807) is 23.5 Å². The number of methoxy groups -OCH3 is 1. The van der Waals surface area contributed by atoms with Crippen molar-refractivity contribution < 1.29 is 13.2 Å². The highest BCUT2D eigenvalue weighted by molar-refractivity contribution is 7.89. The molecular formula is C15H24N2O3S. The van der Waals surface area contributed by atoms with Crippen LogP contribution in [0, 0.1) is 6.92 Å². The highest BCUT2D eigenvalue weighted by atomic mass is 32.2. The molecule has 0 radical (unpaired) electrons. The number of rotatable bonds is 6. The predicted molar refractivity (Wildman–Crippen MR) is 82.8 cm³/mol. The van der Waals surface area contributed by atoms with Crippen molar-refractivity contribution in [1.82, 2.24) is 9.62 Å². The van der Waals surface area contributed by atoms with Gasteiger partial charge in [-0.2, -0.15) is 4.31 Å². The van der Waals surface area contributed by atoms with Gasteiger partial charge in [0.1, 0.15) is 0 Å². The van der Waals surface area contributed by atoms with Crippen LogP contribution in [-0.4, -0.2) is 52.1 Å². The molecule has 0 aromatic heterocycles. The van der Waals surface area contributed by atoms with Crippen molar-refractivity contribution >= 4 is 10.0 Å². The molecule has 1 aromatic rings. The minimum Gasteiger partial charge on any atom is -0.383 e. The smallest absolute Gasteiger partial charge is 0.243 e. The monoisotopic (exact) mass is 312 g/mol. The number of aryl methyl sites for hydroxylation is 1. The Morgan fingerprint density at radius 1 is 1.24 bits per heavy atom. The standard InChI is InChI=1S/C15H24N2O3S/c1-13-3-5-15(6-4-13)21(18,19)17(11-12-20-2)14-7-9-16-10-8-14/h3-6,14,16H,7-12H2,1-2H3. The summed E-state index contributed by atoms with van der Waals surface area (Å²) in [6.45, 7) is 4.48. The van der Waals surface area contributed by atoms with Gasteiger partial charge in [0, 0.05) is 19.7 Å². The molecule has 1 aliphatic rings. The van der Waals surface area contributed by atoms with Crippen molar-refractivity contribution in [3.05, 3.63) is 29.8 Å². The topological polar surface area (TPSA) is 58.6 Å². The second-order valence-electron chi connectivity index (χ2n) is 5.40. The minimum absolute atomic E-state index is 0.0488. The van der Waals surface area contributed by atoms with E-state index < -0.39 is 10.0 Å². The molecular weight excluding hydrogens is 288 g/mol.